The van der Waals surface area contributed by atoms with Gasteiger partial charge in [0.1, 0.15) is 17.5 Å². The lowest BCUT2D eigenvalue weighted by molar-refractivity contribution is 0.0671. The molecule has 1 aromatic rings. The third-order valence-corrected chi connectivity index (χ3v) is 4.47. The van der Waals surface area contributed by atoms with E-state index in [2.05, 4.69) is 18.8 Å². The van der Waals surface area contributed by atoms with Crippen molar-refractivity contribution in [3.05, 3.63) is 42.5 Å². The Morgan fingerprint density at radius 3 is 2.33 bits per heavy atom. The van der Waals surface area contributed by atoms with Crippen LogP contribution in [0.4, 0.5) is 4.79 Å². The molecule has 3 atom stereocenters. The monoisotopic (exact) mass is 333 g/mol. The van der Waals surface area contributed by atoms with E-state index in [1.165, 1.54) is 0 Å². The van der Waals surface area contributed by atoms with Gasteiger partial charge >= 0.3 is 6.09 Å². The number of amides is 1. The van der Waals surface area contributed by atoms with Crippen LogP contribution in [0.5, 0.6) is 5.75 Å². The molecule has 1 saturated heterocycles. The summed E-state index contributed by atoms with van der Waals surface area (Å²) in [6.07, 6.45) is 1.24. The Balaban J connectivity index is 0.00000312. The minimum atomic E-state index is -0.362. The van der Waals surface area contributed by atoms with Gasteiger partial charge in [-0.1, -0.05) is 39.0 Å². The van der Waals surface area contributed by atoms with Gasteiger partial charge in [-0.3, -0.25) is 0 Å². The van der Waals surface area contributed by atoms with Crippen molar-refractivity contribution in [1.29, 1.82) is 0 Å². The molecule has 0 saturated carbocycles. The van der Waals surface area contributed by atoms with E-state index in [1.807, 2.05) is 65.0 Å². The van der Waals surface area contributed by atoms with Gasteiger partial charge in [-0.25, -0.2) is 4.79 Å². The molecular weight excluding hydrogens is 302 g/mol. The summed E-state index contributed by atoms with van der Waals surface area (Å²) in [6.45, 7) is 16.1. The predicted octanol–water partition coefficient (Wildman–Crippen LogP) is 4.90. The van der Waals surface area contributed by atoms with Crippen molar-refractivity contribution in [3.63, 3.8) is 0 Å². The number of carbonyl (C=O) groups excluding carboxylic acids is 1. The smallest absolute Gasteiger partial charge is 0.407 e. The standard InChI is InChI=1S/C20H29NO3.H2/c1-8-20(6,7)17-16(21-18(22)23-17)13(2)14-9-11-15(12-10-14)24-19(3,4)5;/h8-13,16-17H,1H2,2-7H3,(H,21,22);1H/t13?,16-,17+;/m1./s1. The first-order valence-electron chi connectivity index (χ1n) is 8.43. The molecule has 24 heavy (non-hydrogen) atoms. The summed E-state index contributed by atoms with van der Waals surface area (Å²) in [4.78, 5) is 11.8. The van der Waals surface area contributed by atoms with Gasteiger partial charge in [0, 0.05) is 12.8 Å². The number of hydrogen-bond acceptors (Lipinski definition) is 3. The van der Waals surface area contributed by atoms with Crippen molar-refractivity contribution in [2.24, 2.45) is 5.41 Å². The fourth-order valence-corrected chi connectivity index (χ4v) is 2.95. The number of alkyl carbamates (subject to hydrolysis) is 1. The topological polar surface area (TPSA) is 47.6 Å². The number of hydrogen-bond donors (Lipinski definition) is 1. The minimum Gasteiger partial charge on any atom is -0.488 e. The van der Waals surface area contributed by atoms with Crippen LogP contribution in [-0.2, 0) is 4.74 Å². The molecule has 0 aliphatic carbocycles. The van der Waals surface area contributed by atoms with Gasteiger partial charge in [0.25, 0.3) is 0 Å². The van der Waals surface area contributed by atoms with Crippen molar-refractivity contribution in [2.45, 2.75) is 65.2 Å². The number of nitrogens with one attached hydrogen (secondary N) is 1. The Hall–Kier alpha value is -1.97. The lowest BCUT2D eigenvalue weighted by atomic mass is 9.77. The molecule has 1 aliphatic heterocycles. The Morgan fingerprint density at radius 1 is 1.25 bits per heavy atom. The van der Waals surface area contributed by atoms with Crippen LogP contribution in [0.3, 0.4) is 0 Å². The highest BCUT2D eigenvalue weighted by Crippen LogP contribution is 2.36. The van der Waals surface area contributed by atoms with Gasteiger partial charge in [0.05, 0.1) is 6.04 Å². The fourth-order valence-electron chi connectivity index (χ4n) is 2.95. The van der Waals surface area contributed by atoms with E-state index < -0.39 is 0 Å². The minimum absolute atomic E-state index is 0. The maximum absolute atomic E-state index is 11.8. The average Bonchev–Trinajstić information content (AvgIpc) is 2.88. The lowest BCUT2D eigenvalue weighted by Crippen LogP contribution is -2.43. The zero-order valence-electron chi connectivity index (χ0n) is 15.6. The Labute approximate surface area is 146 Å². The summed E-state index contributed by atoms with van der Waals surface area (Å²) in [5.41, 5.74) is 0.615. The molecule has 0 aromatic heterocycles. The second-order valence-corrected chi connectivity index (χ2v) is 8.09. The molecule has 1 aromatic carbocycles. The highest BCUT2D eigenvalue weighted by molar-refractivity contribution is 5.70. The van der Waals surface area contributed by atoms with Crippen molar-refractivity contribution < 1.29 is 15.7 Å². The Morgan fingerprint density at radius 2 is 1.83 bits per heavy atom. The van der Waals surface area contributed by atoms with E-state index in [-0.39, 0.29) is 36.6 Å². The SMILES string of the molecule is C=CC(C)(C)[C@H]1OC(=O)N[C@@H]1C(C)c1ccc(OC(C)(C)C)cc1.[HH]. The van der Waals surface area contributed by atoms with Crippen LogP contribution >= 0.6 is 0 Å². The molecule has 1 unspecified atom stereocenters. The second-order valence-electron chi connectivity index (χ2n) is 8.09. The van der Waals surface area contributed by atoms with E-state index in [0.29, 0.717) is 0 Å². The molecule has 4 heteroatoms. The number of cyclic esters (lactones) is 1. The quantitative estimate of drug-likeness (QED) is 0.779. The number of rotatable bonds is 5. The molecule has 0 radical (unpaired) electrons. The van der Waals surface area contributed by atoms with E-state index >= 15 is 0 Å². The number of carbonyl (C=O) groups is 1. The second kappa shape index (κ2) is 6.50. The molecule has 1 amide bonds. The number of benzene rings is 1. The lowest BCUT2D eigenvalue weighted by Gasteiger charge is -2.33. The third-order valence-electron chi connectivity index (χ3n) is 4.47. The molecular formula is C20H31NO3. The summed E-state index contributed by atoms with van der Waals surface area (Å²) in [7, 11) is 0. The van der Waals surface area contributed by atoms with Crippen LogP contribution in [0.25, 0.3) is 0 Å². The van der Waals surface area contributed by atoms with Crippen molar-refractivity contribution in [1.82, 2.24) is 5.32 Å². The zero-order valence-corrected chi connectivity index (χ0v) is 15.6. The van der Waals surface area contributed by atoms with Gasteiger partial charge in [0.2, 0.25) is 0 Å². The number of ether oxygens (including phenoxy) is 2. The average molecular weight is 333 g/mol. The van der Waals surface area contributed by atoms with Gasteiger partial charge in [-0.05, 0) is 38.5 Å². The van der Waals surface area contributed by atoms with Crippen LogP contribution in [-0.4, -0.2) is 23.8 Å². The van der Waals surface area contributed by atoms with E-state index in [9.17, 15) is 4.79 Å². The maximum atomic E-state index is 11.8. The molecule has 0 bridgehead atoms. The summed E-state index contributed by atoms with van der Waals surface area (Å²) in [5, 5.41) is 2.96. The summed E-state index contributed by atoms with van der Waals surface area (Å²) < 4.78 is 11.4. The molecule has 4 nitrogen and oxygen atoms in total. The first kappa shape index (κ1) is 18.4. The molecule has 1 fully saturated rings. The molecule has 1 aliphatic rings. The zero-order chi connectivity index (χ0) is 18.1. The van der Waals surface area contributed by atoms with E-state index in [1.54, 1.807) is 0 Å². The molecule has 1 N–H and O–H groups in total. The van der Waals surface area contributed by atoms with Crippen LogP contribution in [0, 0.1) is 5.41 Å². The summed E-state index contributed by atoms with van der Waals surface area (Å²) in [5.74, 6) is 0.956. The molecule has 0 spiro atoms. The summed E-state index contributed by atoms with van der Waals surface area (Å²) in [6, 6.07) is 7.95. The van der Waals surface area contributed by atoms with Gasteiger partial charge in [0.15, 0.2) is 0 Å². The van der Waals surface area contributed by atoms with Crippen molar-refractivity contribution in [3.8, 4) is 5.75 Å². The normalized spacial score (nSPS) is 22.5. The van der Waals surface area contributed by atoms with Crippen LogP contribution < -0.4 is 10.1 Å². The van der Waals surface area contributed by atoms with Gasteiger partial charge in [-0.2, -0.15) is 0 Å². The largest absolute Gasteiger partial charge is 0.488 e. The van der Waals surface area contributed by atoms with Gasteiger partial charge in [-0.15, -0.1) is 6.58 Å². The molecule has 134 valence electrons. The highest BCUT2D eigenvalue weighted by Gasteiger charge is 2.45. The Kier molecular flexibility index (Phi) is 4.97. The van der Waals surface area contributed by atoms with Crippen LogP contribution in [0.15, 0.2) is 36.9 Å². The summed E-state index contributed by atoms with van der Waals surface area (Å²) >= 11 is 0. The van der Waals surface area contributed by atoms with E-state index in [0.717, 1.165) is 11.3 Å². The fraction of sp³-hybridized carbons (Fsp3) is 0.550. The maximum Gasteiger partial charge on any atom is 0.407 e. The van der Waals surface area contributed by atoms with Crippen molar-refractivity contribution in [2.75, 3.05) is 0 Å². The first-order valence-corrected chi connectivity index (χ1v) is 8.43. The van der Waals surface area contributed by atoms with Crippen molar-refractivity contribution >= 4 is 6.09 Å². The van der Waals surface area contributed by atoms with Crippen LogP contribution in [0.1, 0.15) is 54.5 Å². The van der Waals surface area contributed by atoms with Gasteiger partial charge < -0.3 is 14.8 Å². The molecule has 1 heterocycles. The van der Waals surface area contributed by atoms with Crippen LogP contribution in [0.2, 0.25) is 0 Å². The van der Waals surface area contributed by atoms with E-state index in [4.69, 9.17) is 9.47 Å². The first-order chi connectivity index (χ1) is 11.0. The predicted molar refractivity (Wildman–Crippen MR) is 98.5 cm³/mol. The Bertz CT molecular complexity index is 604. The molecule has 2 rings (SSSR count). The third kappa shape index (κ3) is 4.11. The highest BCUT2D eigenvalue weighted by atomic mass is 16.6.